The lowest BCUT2D eigenvalue weighted by molar-refractivity contribution is 0.414. The van der Waals surface area contributed by atoms with Gasteiger partial charge in [0.1, 0.15) is 27.3 Å². The lowest BCUT2D eigenvalue weighted by Crippen LogP contribution is -2.08. The minimum Gasteiger partial charge on any atom is -0.497 e. The van der Waals surface area contributed by atoms with Crippen LogP contribution < -0.4 is 19.1 Å². The third-order valence-corrected chi connectivity index (χ3v) is 5.75. The number of ether oxygens (including phenoxy) is 3. The van der Waals surface area contributed by atoms with Crippen LogP contribution >= 0.6 is 11.3 Å². The van der Waals surface area contributed by atoms with E-state index in [2.05, 4.69) is 15.1 Å². The van der Waals surface area contributed by atoms with Crippen LogP contribution in [-0.4, -0.2) is 21.3 Å². The molecule has 0 aliphatic carbocycles. The van der Waals surface area contributed by atoms with E-state index >= 15 is 0 Å². The molecule has 3 aromatic carbocycles. The van der Waals surface area contributed by atoms with E-state index < -0.39 is 0 Å². The first kappa shape index (κ1) is 21.4. The Kier molecular flexibility index (Phi) is 6.67. The molecule has 0 atom stereocenters. The number of rotatable bonds is 8. The van der Waals surface area contributed by atoms with Crippen LogP contribution in [0.15, 0.2) is 95.2 Å². The van der Waals surface area contributed by atoms with Crippen molar-refractivity contribution < 1.29 is 14.2 Å². The van der Waals surface area contributed by atoms with Crippen LogP contribution in [0.4, 0.5) is 27.1 Å². The minimum atomic E-state index is 0.767. The van der Waals surface area contributed by atoms with Crippen LogP contribution in [-0.2, 0) is 0 Å². The Hall–Kier alpha value is -3.84. The van der Waals surface area contributed by atoms with Gasteiger partial charge in [0.2, 0.25) is 0 Å². The molecule has 0 unspecified atom stereocenters. The fourth-order valence-corrected chi connectivity index (χ4v) is 3.98. The number of benzene rings is 3. The molecule has 1 heterocycles. The van der Waals surface area contributed by atoms with E-state index in [0.29, 0.717) is 0 Å². The maximum Gasteiger partial charge on any atom is 0.140 e. The molecule has 1 aromatic heterocycles. The summed E-state index contributed by atoms with van der Waals surface area (Å²) in [5.74, 6) is 2.41. The summed E-state index contributed by atoms with van der Waals surface area (Å²) in [7, 11) is 4.96. The average molecular weight is 446 g/mol. The van der Waals surface area contributed by atoms with Crippen molar-refractivity contribution in [3.8, 4) is 17.2 Å². The van der Waals surface area contributed by atoms with Crippen LogP contribution in [0, 0.1) is 0 Å². The highest BCUT2D eigenvalue weighted by atomic mass is 32.1. The van der Waals surface area contributed by atoms with E-state index in [9.17, 15) is 0 Å². The number of hydrogen-bond acceptors (Lipinski definition) is 7. The van der Waals surface area contributed by atoms with Gasteiger partial charge >= 0.3 is 0 Å². The van der Waals surface area contributed by atoms with Crippen LogP contribution in [0.1, 0.15) is 0 Å². The van der Waals surface area contributed by atoms with E-state index in [1.807, 2.05) is 84.9 Å². The molecule has 0 aliphatic rings. The van der Waals surface area contributed by atoms with Crippen LogP contribution in [0.25, 0.3) is 0 Å². The molecule has 0 aliphatic heterocycles. The third-order valence-electron chi connectivity index (χ3n) is 4.80. The Labute approximate surface area is 191 Å². The Morgan fingerprint density at radius 3 is 1.50 bits per heavy atom. The van der Waals surface area contributed by atoms with Crippen LogP contribution in [0.3, 0.4) is 0 Å². The Bertz CT molecular complexity index is 1120. The normalized spacial score (nSPS) is 10.8. The summed E-state index contributed by atoms with van der Waals surface area (Å²) in [6.45, 7) is 0. The molecule has 0 amide bonds. The monoisotopic (exact) mass is 445 g/mol. The highest BCUT2D eigenvalue weighted by Crippen LogP contribution is 2.42. The van der Waals surface area contributed by atoms with Gasteiger partial charge in [-0.3, -0.25) is 0 Å². The molecule has 0 fully saturated rings. The zero-order valence-corrected chi connectivity index (χ0v) is 18.9. The predicted molar refractivity (Wildman–Crippen MR) is 129 cm³/mol. The van der Waals surface area contributed by atoms with Crippen LogP contribution in [0.5, 0.6) is 17.2 Å². The number of thiophene rings is 1. The molecule has 7 heteroatoms. The molecule has 4 aromatic rings. The van der Waals surface area contributed by atoms with E-state index in [4.69, 9.17) is 14.2 Å². The van der Waals surface area contributed by atoms with Gasteiger partial charge in [0.25, 0.3) is 0 Å². The van der Waals surface area contributed by atoms with Gasteiger partial charge < -0.3 is 19.1 Å². The molecule has 4 rings (SSSR count). The third kappa shape index (κ3) is 4.90. The van der Waals surface area contributed by atoms with Gasteiger partial charge in [-0.1, -0.05) is 11.3 Å². The summed E-state index contributed by atoms with van der Waals surface area (Å²) < 4.78 is 15.8. The first-order chi connectivity index (χ1) is 15.7. The number of hydrogen-bond donors (Lipinski definition) is 0. The molecule has 162 valence electrons. The van der Waals surface area contributed by atoms with Gasteiger partial charge in [-0.2, -0.15) is 0 Å². The smallest absolute Gasteiger partial charge is 0.140 e. The lowest BCUT2D eigenvalue weighted by atomic mass is 10.2. The molecule has 0 bridgehead atoms. The molecule has 32 heavy (non-hydrogen) atoms. The van der Waals surface area contributed by atoms with Crippen molar-refractivity contribution in [2.24, 2.45) is 10.2 Å². The van der Waals surface area contributed by atoms with Gasteiger partial charge in [0, 0.05) is 11.4 Å². The van der Waals surface area contributed by atoms with Crippen molar-refractivity contribution in [3.05, 3.63) is 84.9 Å². The predicted octanol–water partition coefficient (Wildman–Crippen LogP) is 7.66. The van der Waals surface area contributed by atoms with Gasteiger partial charge in [-0.15, -0.1) is 10.2 Å². The largest absolute Gasteiger partial charge is 0.497 e. The quantitative estimate of drug-likeness (QED) is 0.261. The second-order valence-corrected chi connectivity index (χ2v) is 7.78. The molecule has 0 saturated heterocycles. The summed E-state index contributed by atoms with van der Waals surface area (Å²) in [6, 6.07) is 27.4. The van der Waals surface area contributed by atoms with Crippen molar-refractivity contribution in [2.45, 2.75) is 0 Å². The average Bonchev–Trinajstić information content (AvgIpc) is 3.32. The van der Waals surface area contributed by atoms with E-state index in [1.165, 1.54) is 0 Å². The zero-order valence-electron chi connectivity index (χ0n) is 18.1. The first-order valence-electron chi connectivity index (χ1n) is 9.94. The topological polar surface area (TPSA) is 55.7 Å². The molecule has 0 radical (unpaired) electrons. The SMILES string of the molecule is COc1ccc(N=Nc2ccc(N(c3ccc(OC)cc3)c3ccc(OC)cc3)s2)cc1. The number of methoxy groups -OCH3 is 3. The lowest BCUT2D eigenvalue weighted by Gasteiger charge is -2.23. The fraction of sp³-hybridized carbons (Fsp3) is 0.120. The highest BCUT2D eigenvalue weighted by Gasteiger charge is 2.15. The number of anilines is 3. The molecular formula is C25H23N3O3S. The fourth-order valence-electron chi connectivity index (χ4n) is 3.11. The summed E-state index contributed by atoms with van der Waals surface area (Å²) in [4.78, 5) is 2.16. The second-order valence-electron chi connectivity index (χ2n) is 6.74. The maximum absolute atomic E-state index is 5.32. The van der Waals surface area contributed by atoms with E-state index in [1.54, 1.807) is 32.7 Å². The summed E-state index contributed by atoms with van der Waals surface area (Å²) >= 11 is 1.56. The van der Waals surface area contributed by atoms with Gasteiger partial charge in [0.05, 0.1) is 27.0 Å². The standard InChI is InChI=1S/C25H23N3O3S/c1-29-21-10-4-18(5-11-21)26-27-24-16-17-25(32-24)28(19-6-12-22(30-2)13-7-19)20-8-14-23(31-3)15-9-20/h4-17H,1-3H3. The maximum atomic E-state index is 5.32. The first-order valence-corrected chi connectivity index (χ1v) is 10.8. The van der Waals surface area contributed by atoms with Crippen molar-refractivity contribution in [1.29, 1.82) is 0 Å². The van der Waals surface area contributed by atoms with Crippen molar-refractivity contribution in [1.82, 2.24) is 0 Å². The molecule has 0 saturated carbocycles. The number of nitrogens with zero attached hydrogens (tertiary/aromatic N) is 3. The van der Waals surface area contributed by atoms with Gasteiger partial charge in [0.15, 0.2) is 0 Å². The second kappa shape index (κ2) is 9.98. The summed E-state index contributed by atoms with van der Waals surface area (Å²) in [5.41, 5.74) is 2.79. The van der Waals surface area contributed by atoms with E-state index in [-0.39, 0.29) is 0 Å². The Morgan fingerprint density at radius 1 is 0.562 bits per heavy atom. The van der Waals surface area contributed by atoms with Gasteiger partial charge in [-0.05, 0) is 84.9 Å². The summed E-state index contributed by atoms with van der Waals surface area (Å²) in [6.07, 6.45) is 0. The highest BCUT2D eigenvalue weighted by molar-refractivity contribution is 7.19. The molecule has 6 nitrogen and oxygen atoms in total. The van der Waals surface area contributed by atoms with E-state index in [0.717, 1.165) is 44.3 Å². The zero-order chi connectivity index (χ0) is 22.3. The van der Waals surface area contributed by atoms with Crippen molar-refractivity contribution in [3.63, 3.8) is 0 Å². The van der Waals surface area contributed by atoms with Gasteiger partial charge in [-0.25, -0.2) is 0 Å². The van der Waals surface area contributed by atoms with Crippen LogP contribution in [0.2, 0.25) is 0 Å². The van der Waals surface area contributed by atoms with Crippen molar-refractivity contribution in [2.75, 3.05) is 26.2 Å². The molecular weight excluding hydrogens is 422 g/mol. The number of azo groups is 1. The Balaban J connectivity index is 1.64. The Morgan fingerprint density at radius 2 is 1.03 bits per heavy atom. The van der Waals surface area contributed by atoms with Crippen molar-refractivity contribution >= 4 is 38.4 Å². The molecule has 0 spiro atoms. The molecule has 0 N–H and O–H groups in total. The minimum absolute atomic E-state index is 0.767. The summed E-state index contributed by atoms with van der Waals surface area (Å²) in [5, 5.41) is 10.6.